The lowest BCUT2D eigenvalue weighted by Gasteiger charge is -2.28. The third-order valence-corrected chi connectivity index (χ3v) is 3.82. The van der Waals surface area contributed by atoms with Crippen molar-refractivity contribution in [3.8, 4) is 0 Å². The zero-order chi connectivity index (χ0) is 10.3. The lowest BCUT2D eigenvalue weighted by molar-refractivity contribution is 0.0971. The molecule has 0 aliphatic carbocycles. The van der Waals surface area contributed by atoms with Crippen LogP contribution in [0.2, 0.25) is 0 Å². The highest BCUT2D eigenvalue weighted by atomic mass is 32.1. The van der Waals surface area contributed by atoms with Crippen LogP contribution in [0.3, 0.4) is 0 Å². The average molecular weight is 223 g/mol. The Morgan fingerprint density at radius 1 is 1.60 bits per heavy atom. The number of thiazole rings is 1. The van der Waals surface area contributed by atoms with Gasteiger partial charge in [0.25, 0.3) is 0 Å². The lowest BCUT2D eigenvalue weighted by Crippen LogP contribution is -2.37. The van der Waals surface area contributed by atoms with Crippen LogP contribution in [-0.2, 0) is 0 Å². The summed E-state index contributed by atoms with van der Waals surface area (Å²) in [5, 5.41) is 19.6. The molecule has 4 nitrogen and oxygen atoms in total. The molecule has 0 aromatic carbocycles. The minimum absolute atomic E-state index is 0.0508. The topological polar surface area (TPSA) is 49.6 Å². The lowest BCUT2D eigenvalue weighted by atomic mass is 9.97. The summed E-state index contributed by atoms with van der Waals surface area (Å²) in [6, 6.07) is 0.0508. The molecule has 0 amide bonds. The number of hydrogen-bond acceptors (Lipinski definition) is 4. The van der Waals surface area contributed by atoms with E-state index in [-0.39, 0.29) is 12.1 Å². The van der Waals surface area contributed by atoms with Crippen LogP contribution >= 0.6 is 11.3 Å². The Balaban J connectivity index is 2.01. The summed E-state index contributed by atoms with van der Waals surface area (Å²) < 4.78 is 1.86. The molecule has 2 N–H and O–H groups in total. The maximum atomic E-state index is 9.94. The number of nitrogens with one attached hydrogen (secondary N) is 1. The Morgan fingerprint density at radius 2 is 2.53 bits per heavy atom. The van der Waals surface area contributed by atoms with E-state index in [1.165, 1.54) is 0 Å². The minimum Gasteiger partial charge on any atom is -0.391 e. The van der Waals surface area contributed by atoms with Crippen molar-refractivity contribution in [3.63, 3.8) is 0 Å². The summed E-state index contributed by atoms with van der Waals surface area (Å²) in [6.45, 7) is 0.977. The molecular formula is C10H13N3OS. The third kappa shape index (κ3) is 1.47. The molecule has 80 valence electrons. The highest BCUT2D eigenvalue weighted by Gasteiger charge is 2.26. The molecule has 3 rings (SSSR count). The first-order chi connectivity index (χ1) is 7.36. The van der Waals surface area contributed by atoms with Gasteiger partial charge in [0.1, 0.15) is 4.83 Å². The van der Waals surface area contributed by atoms with Crippen LogP contribution in [0.1, 0.15) is 24.4 Å². The molecular weight excluding hydrogens is 210 g/mol. The standard InChI is InChI=1S/C10H13N3OS/c14-8-2-1-3-11-9(8)7-6-12-13-4-5-15-10(7)13/h4-6,8-9,11,14H,1-3H2. The largest absolute Gasteiger partial charge is 0.391 e. The van der Waals surface area contributed by atoms with Crippen LogP contribution in [0.25, 0.3) is 4.83 Å². The number of hydrogen-bond donors (Lipinski definition) is 2. The van der Waals surface area contributed by atoms with Crippen molar-refractivity contribution < 1.29 is 5.11 Å². The summed E-state index contributed by atoms with van der Waals surface area (Å²) in [7, 11) is 0. The van der Waals surface area contributed by atoms with Gasteiger partial charge in [0.05, 0.1) is 18.3 Å². The predicted molar refractivity (Wildman–Crippen MR) is 59.1 cm³/mol. The van der Waals surface area contributed by atoms with E-state index in [9.17, 15) is 5.11 Å². The summed E-state index contributed by atoms with van der Waals surface area (Å²) in [5.41, 5.74) is 1.12. The molecule has 1 fully saturated rings. The molecule has 15 heavy (non-hydrogen) atoms. The number of fused-ring (bicyclic) bond motifs is 1. The molecule has 2 aromatic rings. The van der Waals surface area contributed by atoms with Crippen molar-refractivity contribution in [2.45, 2.75) is 25.0 Å². The number of aromatic nitrogens is 2. The van der Waals surface area contributed by atoms with Gasteiger partial charge in [-0.05, 0) is 19.4 Å². The zero-order valence-corrected chi connectivity index (χ0v) is 9.07. The number of aliphatic hydroxyl groups is 1. The molecule has 5 heteroatoms. The van der Waals surface area contributed by atoms with Gasteiger partial charge in [-0.25, -0.2) is 4.52 Å². The number of piperidine rings is 1. The zero-order valence-electron chi connectivity index (χ0n) is 8.26. The van der Waals surface area contributed by atoms with E-state index in [4.69, 9.17) is 0 Å². The maximum Gasteiger partial charge on any atom is 0.124 e. The first-order valence-corrected chi connectivity index (χ1v) is 6.06. The van der Waals surface area contributed by atoms with Gasteiger partial charge in [-0.2, -0.15) is 5.10 Å². The molecule has 0 radical (unpaired) electrons. The van der Waals surface area contributed by atoms with Gasteiger partial charge >= 0.3 is 0 Å². The van der Waals surface area contributed by atoms with E-state index in [1.54, 1.807) is 11.3 Å². The smallest absolute Gasteiger partial charge is 0.124 e. The van der Waals surface area contributed by atoms with E-state index >= 15 is 0 Å². The van der Waals surface area contributed by atoms with Gasteiger partial charge in [-0.15, -0.1) is 11.3 Å². The second-order valence-electron chi connectivity index (χ2n) is 3.89. The van der Waals surface area contributed by atoms with Crippen molar-refractivity contribution >= 4 is 16.2 Å². The number of aliphatic hydroxyl groups excluding tert-OH is 1. The number of rotatable bonds is 1. The molecule has 1 aliphatic rings. The number of nitrogens with zero attached hydrogens (tertiary/aromatic N) is 2. The van der Waals surface area contributed by atoms with Crippen molar-refractivity contribution in [2.24, 2.45) is 0 Å². The third-order valence-electron chi connectivity index (χ3n) is 2.92. The van der Waals surface area contributed by atoms with Gasteiger partial charge in [0.2, 0.25) is 0 Å². The van der Waals surface area contributed by atoms with Gasteiger partial charge in [0, 0.05) is 17.1 Å². The van der Waals surface area contributed by atoms with Crippen LogP contribution in [0.5, 0.6) is 0 Å². The molecule has 0 saturated carbocycles. The van der Waals surface area contributed by atoms with Gasteiger partial charge in [-0.1, -0.05) is 0 Å². The molecule has 2 atom stereocenters. The highest BCUT2D eigenvalue weighted by molar-refractivity contribution is 7.15. The van der Waals surface area contributed by atoms with Gasteiger partial charge in [0.15, 0.2) is 0 Å². The molecule has 1 aliphatic heterocycles. The highest BCUT2D eigenvalue weighted by Crippen LogP contribution is 2.28. The van der Waals surface area contributed by atoms with Crippen LogP contribution in [0.4, 0.5) is 0 Å². The molecule has 3 heterocycles. The van der Waals surface area contributed by atoms with E-state index in [2.05, 4.69) is 10.4 Å². The molecule has 1 saturated heterocycles. The van der Waals surface area contributed by atoms with E-state index in [0.717, 1.165) is 29.8 Å². The van der Waals surface area contributed by atoms with Crippen LogP contribution in [0, 0.1) is 0 Å². The Labute approximate surface area is 91.5 Å². The fourth-order valence-corrected chi connectivity index (χ4v) is 2.98. The Hall–Kier alpha value is -0.910. The average Bonchev–Trinajstić information content (AvgIpc) is 2.80. The minimum atomic E-state index is -0.283. The van der Waals surface area contributed by atoms with Crippen molar-refractivity contribution in [2.75, 3.05) is 6.54 Å². The predicted octanol–water partition coefficient (Wildman–Crippen LogP) is 1.18. The maximum absolute atomic E-state index is 9.94. The van der Waals surface area contributed by atoms with E-state index in [0.29, 0.717) is 0 Å². The van der Waals surface area contributed by atoms with Crippen molar-refractivity contribution in [1.29, 1.82) is 0 Å². The van der Waals surface area contributed by atoms with Crippen molar-refractivity contribution in [3.05, 3.63) is 23.3 Å². The van der Waals surface area contributed by atoms with Crippen LogP contribution in [-0.4, -0.2) is 27.4 Å². The summed E-state index contributed by atoms with van der Waals surface area (Å²) >= 11 is 1.67. The molecule has 0 spiro atoms. The van der Waals surface area contributed by atoms with Crippen LogP contribution < -0.4 is 5.32 Å². The summed E-state index contributed by atoms with van der Waals surface area (Å²) in [6.07, 6.45) is 5.44. The quantitative estimate of drug-likeness (QED) is 0.763. The fourth-order valence-electron chi connectivity index (χ4n) is 2.15. The Kier molecular flexibility index (Phi) is 2.23. The monoisotopic (exact) mass is 223 g/mol. The fraction of sp³-hybridized carbons (Fsp3) is 0.500. The Bertz CT molecular complexity index is 464. The summed E-state index contributed by atoms with van der Waals surface area (Å²) in [5.74, 6) is 0. The molecule has 2 unspecified atom stereocenters. The first kappa shape index (κ1) is 9.33. The summed E-state index contributed by atoms with van der Waals surface area (Å²) in [4.78, 5) is 1.13. The normalized spacial score (nSPS) is 27.3. The van der Waals surface area contributed by atoms with Crippen molar-refractivity contribution in [1.82, 2.24) is 14.9 Å². The molecule has 2 aromatic heterocycles. The van der Waals surface area contributed by atoms with Crippen LogP contribution in [0.15, 0.2) is 17.8 Å². The molecule has 0 bridgehead atoms. The van der Waals surface area contributed by atoms with Gasteiger partial charge in [-0.3, -0.25) is 0 Å². The second-order valence-corrected chi connectivity index (χ2v) is 4.79. The first-order valence-electron chi connectivity index (χ1n) is 5.18. The van der Waals surface area contributed by atoms with E-state index in [1.807, 2.05) is 22.3 Å². The van der Waals surface area contributed by atoms with Gasteiger partial charge < -0.3 is 10.4 Å². The second kappa shape index (κ2) is 3.59. The van der Waals surface area contributed by atoms with E-state index < -0.39 is 0 Å². The SMILES string of the molecule is OC1CCCNC1c1cnn2ccsc12. The Morgan fingerprint density at radius 3 is 3.40 bits per heavy atom.